The number of ether oxygens (including phenoxy) is 2. The lowest BCUT2D eigenvalue weighted by molar-refractivity contribution is -0.671. The number of pyridine rings is 1. The van der Waals surface area contributed by atoms with Gasteiger partial charge >= 0.3 is 11.9 Å². The lowest BCUT2D eigenvalue weighted by Crippen LogP contribution is -3.00. The van der Waals surface area contributed by atoms with Gasteiger partial charge < -0.3 is 33.5 Å². The minimum Gasteiger partial charge on any atom is -1.00 e. The van der Waals surface area contributed by atoms with Gasteiger partial charge in [0.25, 0.3) is 0 Å². The lowest BCUT2D eigenvalue weighted by Gasteiger charge is -2.07. The number of carbonyl (C=O) groups is 2. The molecule has 1 rings (SSSR count). The molecule has 42 heavy (non-hydrogen) atoms. The number of hydrogen-bond acceptors (Lipinski definition) is 4. The molecule has 0 aromatic carbocycles. The highest BCUT2D eigenvalue weighted by Gasteiger charge is 2.18. The van der Waals surface area contributed by atoms with Gasteiger partial charge in [-0.15, -0.1) is 0 Å². The fourth-order valence-electron chi connectivity index (χ4n) is 5.32. The maximum atomic E-state index is 12.6. The summed E-state index contributed by atoms with van der Waals surface area (Å²) in [6.07, 6.45) is 34.0. The quantitative estimate of drug-likeness (QED) is 0.0401. The molecule has 5 nitrogen and oxygen atoms in total. The van der Waals surface area contributed by atoms with Gasteiger partial charge in [0, 0.05) is 0 Å². The third-order valence-corrected chi connectivity index (χ3v) is 7.93. The van der Waals surface area contributed by atoms with E-state index in [1.165, 1.54) is 128 Å². The second kappa shape index (κ2) is 29.9. The Morgan fingerprint density at radius 2 is 0.762 bits per heavy atom. The van der Waals surface area contributed by atoms with Crippen molar-refractivity contribution in [3.63, 3.8) is 0 Å². The van der Waals surface area contributed by atoms with Gasteiger partial charge in [0.1, 0.15) is 18.2 Å². The van der Waals surface area contributed by atoms with Crippen LogP contribution in [-0.2, 0) is 16.5 Å². The Morgan fingerprint density at radius 3 is 1.05 bits per heavy atom. The van der Waals surface area contributed by atoms with Gasteiger partial charge in [0.05, 0.1) is 13.2 Å². The maximum absolute atomic E-state index is 12.6. The van der Waals surface area contributed by atoms with E-state index >= 15 is 0 Å². The molecule has 0 bridgehead atoms. The van der Waals surface area contributed by atoms with E-state index in [2.05, 4.69) is 13.8 Å². The molecule has 0 amide bonds. The van der Waals surface area contributed by atoms with Crippen LogP contribution in [0.15, 0.2) is 18.5 Å². The molecule has 0 unspecified atom stereocenters. The highest BCUT2D eigenvalue weighted by molar-refractivity contribution is 5.94. The van der Waals surface area contributed by atoms with Gasteiger partial charge in [-0.1, -0.05) is 155 Å². The molecule has 244 valence electrons. The number of rotatable bonds is 28. The molecule has 0 saturated carbocycles. The van der Waals surface area contributed by atoms with E-state index in [0.29, 0.717) is 24.3 Å². The number of hydrogen-bond donors (Lipinski definition) is 0. The maximum Gasteiger partial charge on any atom is 0.344 e. The summed E-state index contributed by atoms with van der Waals surface area (Å²) in [6, 6.07) is 1.59. The van der Waals surface area contributed by atoms with Gasteiger partial charge in [-0.25, -0.2) is 14.2 Å². The van der Waals surface area contributed by atoms with E-state index in [1.807, 2.05) is 7.05 Å². The van der Waals surface area contributed by atoms with Crippen LogP contribution in [0.25, 0.3) is 0 Å². The summed E-state index contributed by atoms with van der Waals surface area (Å²) in [5, 5.41) is 0. The first-order valence-corrected chi connectivity index (χ1v) is 17.4. The Hall–Kier alpha value is -1.18. The van der Waals surface area contributed by atoms with Crippen LogP contribution >= 0.6 is 0 Å². The topological polar surface area (TPSA) is 56.5 Å². The Labute approximate surface area is 276 Å². The van der Waals surface area contributed by atoms with Crippen molar-refractivity contribution >= 4 is 11.9 Å². The number of aryl methyl sites for hydroxylation is 1. The summed E-state index contributed by atoms with van der Waals surface area (Å²) in [5.41, 5.74) is 0.789. The Morgan fingerprint density at radius 1 is 0.500 bits per heavy atom. The second-order valence-corrected chi connectivity index (χ2v) is 12.0. The molecule has 1 heterocycles. The molecule has 0 fully saturated rings. The summed E-state index contributed by atoms with van der Waals surface area (Å²) < 4.78 is 12.7. The van der Waals surface area contributed by atoms with Crippen LogP contribution < -0.4 is 28.5 Å². The third kappa shape index (κ3) is 23.3. The summed E-state index contributed by atoms with van der Waals surface area (Å²) in [6.45, 7) is 5.37. The van der Waals surface area contributed by atoms with Crippen LogP contribution in [0.4, 0.5) is 0 Å². The highest BCUT2D eigenvalue weighted by Crippen LogP contribution is 2.14. The van der Waals surface area contributed by atoms with Crippen LogP contribution in [0.5, 0.6) is 0 Å². The van der Waals surface area contributed by atoms with Crippen molar-refractivity contribution in [2.45, 2.75) is 168 Å². The Balaban J connectivity index is 0.0000168. The minimum absolute atomic E-state index is 0. The number of unbranched alkanes of at least 4 members (excludes halogenated alkanes) is 22. The molecule has 1 aromatic heterocycles. The van der Waals surface area contributed by atoms with E-state index in [1.54, 1.807) is 23.0 Å². The fourth-order valence-corrected chi connectivity index (χ4v) is 5.32. The van der Waals surface area contributed by atoms with Crippen LogP contribution in [-0.4, -0.2) is 25.2 Å². The molecule has 0 spiro atoms. The molecule has 0 saturated heterocycles. The van der Waals surface area contributed by atoms with Crippen molar-refractivity contribution < 1.29 is 47.6 Å². The van der Waals surface area contributed by atoms with Gasteiger partial charge in [0.2, 0.25) is 0 Å². The van der Waals surface area contributed by atoms with E-state index in [0.717, 1.165) is 25.7 Å². The first-order chi connectivity index (χ1) is 20.1. The van der Waals surface area contributed by atoms with Crippen LogP contribution in [0.3, 0.4) is 0 Å². The molecule has 1 aromatic rings. The van der Waals surface area contributed by atoms with E-state index < -0.39 is 0 Å². The zero-order chi connectivity index (χ0) is 29.8. The average molecular weight is 702 g/mol. The molecule has 0 aliphatic heterocycles. The van der Waals surface area contributed by atoms with Crippen LogP contribution in [0.1, 0.15) is 189 Å². The molecule has 0 N–H and O–H groups in total. The normalized spacial score (nSPS) is 10.8. The second-order valence-electron chi connectivity index (χ2n) is 12.0. The van der Waals surface area contributed by atoms with Crippen molar-refractivity contribution in [2.24, 2.45) is 7.05 Å². The summed E-state index contributed by atoms with van der Waals surface area (Å²) in [5.74, 6) is -0.751. The van der Waals surface area contributed by atoms with Crippen molar-refractivity contribution in [1.29, 1.82) is 0 Å². The SMILES string of the molecule is CCCCCCCCCCCCCCOC(=O)c1cc(C(=O)OCCCCCCCCCCCCCC)c[n+](C)c1.[I-]. The molecule has 6 heteroatoms. The summed E-state index contributed by atoms with van der Waals surface area (Å²) in [4.78, 5) is 25.1. The number of halogens is 1. The van der Waals surface area contributed by atoms with Crippen molar-refractivity contribution in [1.82, 2.24) is 0 Å². The number of carbonyl (C=O) groups excluding carboxylic acids is 2. The first-order valence-electron chi connectivity index (χ1n) is 17.4. The Bertz CT molecular complexity index is 725. The van der Waals surface area contributed by atoms with Crippen molar-refractivity contribution in [3.05, 3.63) is 29.6 Å². The van der Waals surface area contributed by atoms with Crippen molar-refractivity contribution in [3.8, 4) is 0 Å². The third-order valence-electron chi connectivity index (χ3n) is 7.93. The average Bonchev–Trinajstić information content (AvgIpc) is 2.97. The van der Waals surface area contributed by atoms with E-state index in [4.69, 9.17) is 9.47 Å². The van der Waals surface area contributed by atoms with Gasteiger partial charge in [-0.05, 0) is 18.9 Å². The molecular formula is C36H64INO4. The fraction of sp³-hybridized carbons (Fsp3) is 0.806. The highest BCUT2D eigenvalue weighted by atomic mass is 127. The first kappa shape index (κ1) is 40.8. The Kier molecular flexibility index (Phi) is 29.0. The zero-order valence-corrected chi connectivity index (χ0v) is 29.7. The lowest BCUT2D eigenvalue weighted by atomic mass is 10.1. The monoisotopic (exact) mass is 701 g/mol. The molecule has 0 atom stereocenters. The van der Waals surface area contributed by atoms with Crippen LogP contribution in [0.2, 0.25) is 0 Å². The largest absolute Gasteiger partial charge is 1.00 e. The summed E-state index contributed by atoms with van der Waals surface area (Å²) in [7, 11) is 1.81. The van der Waals surface area contributed by atoms with Crippen LogP contribution in [0, 0.1) is 0 Å². The van der Waals surface area contributed by atoms with Gasteiger partial charge in [-0.3, -0.25) is 0 Å². The molecule has 0 aliphatic carbocycles. The number of nitrogens with zero attached hydrogens (tertiary/aromatic N) is 1. The smallest absolute Gasteiger partial charge is 0.344 e. The standard InChI is InChI=1S/C36H64NO4.HI/c1-4-6-8-10-12-14-16-18-20-22-24-26-28-40-35(38)33-30-34(32-37(3)31-33)36(39)41-29-27-25-23-21-19-17-15-13-11-9-7-5-2;/h30-32H,4-29H2,1-3H3;1H/q+1;/p-1. The molecule has 0 radical (unpaired) electrons. The van der Waals surface area contributed by atoms with Gasteiger partial charge in [0.15, 0.2) is 12.4 Å². The zero-order valence-electron chi connectivity index (χ0n) is 27.6. The predicted octanol–water partition coefficient (Wildman–Crippen LogP) is 7.23. The van der Waals surface area contributed by atoms with Gasteiger partial charge in [-0.2, -0.15) is 0 Å². The molecular weight excluding hydrogens is 637 g/mol. The van der Waals surface area contributed by atoms with E-state index in [-0.39, 0.29) is 35.9 Å². The predicted molar refractivity (Wildman–Crippen MR) is 170 cm³/mol. The number of aromatic nitrogens is 1. The van der Waals surface area contributed by atoms with Crippen molar-refractivity contribution in [2.75, 3.05) is 13.2 Å². The number of esters is 2. The minimum atomic E-state index is -0.376. The van der Waals surface area contributed by atoms with E-state index in [9.17, 15) is 9.59 Å². The molecule has 0 aliphatic rings. The summed E-state index contributed by atoms with van der Waals surface area (Å²) >= 11 is 0.